The summed E-state index contributed by atoms with van der Waals surface area (Å²) in [5, 5.41) is 0. The molecule has 1 aliphatic heterocycles. The van der Waals surface area contributed by atoms with Gasteiger partial charge in [-0.05, 0) is 62.9 Å². The molecule has 0 bridgehead atoms. The molecule has 20 heavy (non-hydrogen) atoms. The van der Waals surface area contributed by atoms with Crippen molar-refractivity contribution in [1.29, 1.82) is 0 Å². The third kappa shape index (κ3) is 2.36. The molecule has 2 saturated carbocycles. The highest BCUT2D eigenvalue weighted by Gasteiger charge is 2.58. The summed E-state index contributed by atoms with van der Waals surface area (Å²) in [6.45, 7) is 5.16. The fourth-order valence-electron chi connectivity index (χ4n) is 4.78. The maximum atomic E-state index is 11.6. The van der Waals surface area contributed by atoms with Gasteiger partial charge in [0.05, 0.1) is 12.7 Å². The fourth-order valence-corrected chi connectivity index (χ4v) is 4.78. The van der Waals surface area contributed by atoms with Crippen molar-refractivity contribution in [2.75, 3.05) is 6.61 Å². The van der Waals surface area contributed by atoms with Gasteiger partial charge in [-0.25, -0.2) is 0 Å². The highest BCUT2D eigenvalue weighted by Crippen LogP contribution is 2.60. The molecular weight excluding hydrogens is 248 g/mol. The van der Waals surface area contributed by atoms with Crippen LogP contribution in [0.1, 0.15) is 65.2 Å². The van der Waals surface area contributed by atoms with Gasteiger partial charge in [0.15, 0.2) is 5.78 Å². The zero-order chi connectivity index (χ0) is 14.2. The molecule has 4 unspecified atom stereocenters. The molecule has 2 nitrogen and oxygen atoms in total. The minimum absolute atomic E-state index is 0.294. The molecular formula is C18H28O2. The van der Waals surface area contributed by atoms with Crippen molar-refractivity contribution in [2.24, 2.45) is 17.3 Å². The van der Waals surface area contributed by atoms with E-state index in [-0.39, 0.29) is 0 Å². The zero-order valence-electron chi connectivity index (χ0n) is 13.0. The molecule has 112 valence electrons. The van der Waals surface area contributed by atoms with Crippen LogP contribution in [0.5, 0.6) is 0 Å². The summed E-state index contributed by atoms with van der Waals surface area (Å²) in [6, 6.07) is 0. The molecule has 0 radical (unpaired) electrons. The van der Waals surface area contributed by atoms with Crippen molar-refractivity contribution < 1.29 is 9.53 Å². The number of hydrogen-bond donors (Lipinski definition) is 0. The van der Waals surface area contributed by atoms with Gasteiger partial charge in [0.25, 0.3) is 0 Å². The van der Waals surface area contributed by atoms with Gasteiger partial charge in [-0.2, -0.15) is 0 Å². The van der Waals surface area contributed by atoms with E-state index in [2.05, 4.69) is 6.92 Å². The lowest BCUT2D eigenvalue weighted by molar-refractivity contribution is -0.201. The predicted molar refractivity (Wildman–Crippen MR) is 80.5 cm³/mol. The summed E-state index contributed by atoms with van der Waals surface area (Å²) in [4.78, 5) is 11.6. The third-order valence-electron chi connectivity index (χ3n) is 6.14. The number of allylic oxidation sites excluding steroid dienone is 2. The first-order chi connectivity index (χ1) is 9.68. The second-order valence-corrected chi connectivity index (χ2v) is 7.13. The van der Waals surface area contributed by atoms with Gasteiger partial charge >= 0.3 is 0 Å². The summed E-state index contributed by atoms with van der Waals surface area (Å²) < 4.78 is 5.76. The van der Waals surface area contributed by atoms with E-state index in [0.29, 0.717) is 23.7 Å². The van der Waals surface area contributed by atoms with Gasteiger partial charge < -0.3 is 4.74 Å². The molecule has 2 heteroatoms. The average molecular weight is 276 g/mol. The second kappa shape index (κ2) is 5.63. The molecule has 1 saturated heterocycles. The standard InChI is InChI=1S/C18H28O2/c1-3-13(11-16(19)4-2)9-14-7-8-18-12-20-17(18)6-5-15(18)10-14/h11,14-15,17H,3-10,12H2,1-2H3/b13-11-. The summed E-state index contributed by atoms with van der Waals surface area (Å²) in [5.41, 5.74) is 1.95. The first-order valence-electron chi connectivity index (χ1n) is 8.51. The molecule has 4 atom stereocenters. The molecule has 0 aromatic carbocycles. The van der Waals surface area contributed by atoms with E-state index in [1.165, 1.54) is 37.7 Å². The van der Waals surface area contributed by atoms with Gasteiger partial charge in [0, 0.05) is 11.8 Å². The molecule has 1 heterocycles. The molecule has 3 aliphatic rings. The van der Waals surface area contributed by atoms with E-state index in [1.54, 1.807) is 0 Å². The number of ether oxygens (including phenoxy) is 1. The van der Waals surface area contributed by atoms with Crippen molar-refractivity contribution in [3.63, 3.8) is 0 Å². The van der Waals surface area contributed by atoms with Crippen molar-refractivity contribution >= 4 is 5.78 Å². The number of hydrogen-bond acceptors (Lipinski definition) is 2. The molecule has 2 aliphatic carbocycles. The maximum absolute atomic E-state index is 11.6. The Morgan fingerprint density at radius 3 is 2.75 bits per heavy atom. The number of carbonyl (C=O) groups is 1. The highest BCUT2D eigenvalue weighted by atomic mass is 16.5. The van der Waals surface area contributed by atoms with Crippen LogP contribution in [-0.2, 0) is 9.53 Å². The Hall–Kier alpha value is -0.630. The van der Waals surface area contributed by atoms with Crippen LogP contribution < -0.4 is 0 Å². The lowest BCUT2D eigenvalue weighted by Crippen LogP contribution is -2.53. The van der Waals surface area contributed by atoms with Crippen LogP contribution in [0.2, 0.25) is 0 Å². The lowest BCUT2D eigenvalue weighted by Gasteiger charge is -2.52. The van der Waals surface area contributed by atoms with Crippen LogP contribution in [0.3, 0.4) is 0 Å². The lowest BCUT2D eigenvalue weighted by atomic mass is 9.61. The first kappa shape index (κ1) is 14.3. The van der Waals surface area contributed by atoms with E-state index in [9.17, 15) is 4.79 Å². The van der Waals surface area contributed by atoms with Gasteiger partial charge in [-0.1, -0.05) is 19.4 Å². The monoisotopic (exact) mass is 276 g/mol. The molecule has 3 rings (SSSR count). The molecule has 0 N–H and O–H groups in total. The van der Waals surface area contributed by atoms with Gasteiger partial charge in [0.2, 0.25) is 0 Å². The minimum Gasteiger partial charge on any atom is -0.377 e. The number of carbonyl (C=O) groups excluding carboxylic acids is 1. The Bertz CT molecular complexity index is 412. The van der Waals surface area contributed by atoms with Crippen LogP contribution in [-0.4, -0.2) is 18.5 Å². The van der Waals surface area contributed by atoms with E-state index in [0.717, 1.165) is 31.3 Å². The van der Waals surface area contributed by atoms with Crippen LogP contribution in [0.15, 0.2) is 11.6 Å². The summed E-state index contributed by atoms with van der Waals surface area (Å²) >= 11 is 0. The quantitative estimate of drug-likeness (QED) is 0.700. The Labute approximate surface area is 123 Å². The summed E-state index contributed by atoms with van der Waals surface area (Å²) in [5.74, 6) is 2.00. The van der Waals surface area contributed by atoms with Crippen molar-refractivity contribution in [3.05, 3.63) is 11.6 Å². The molecule has 0 aromatic heterocycles. The molecule has 0 amide bonds. The minimum atomic E-state index is 0.294. The van der Waals surface area contributed by atoms with Crippen molar-refractivity contribution in [3.8, 4) is 0 Å². The zero-order valence-corrected chi connectivity index (χ0v) is 13.0. The second-order valence-electron chi connectivity index (χ2n) is 7.13. The van der Waals surface area contributed by atoms with Gasteiger partial charge in [-0.3, -0.25) is 4.79 Å². The average Bonchev–Trinajstić information content (AvgIpc) is 2.69. The summed E-state index contributed by atoms with van der Waals surface area (Å²) in [6.07, 6.45) is 12.1. The highest BCUT2D eigenvalue weighted by molar-refractivity contribution is 5.89. The van der Waals surface area contributed by atoms with E-state index in [1.807, 2.05) is 13.0 Å². The fraction of sp³-hybridized carbons (Fsp3) is 0.833. The Kier molecular flexibility index (Phi) is 4.03. The molecule has 0 aromatic rings. The van der Waals surface area contributed by atoms with Crippen molar-refractivity contribution in [2.45, 2.75) is 71.3 Å². The molecule has 1 spiro atoms. The van der Waals surface area contributed by atoms with Crippen LogP contribution in [0, 0.1) is 17.3 Å². The molecule has 3 fully saturated rings. The van der Waals surface area contributed by atoms with E-state index < -0.39 is 0 Å². The van der Waals surface area contributed by atoms with E-state index >= 15 is 0 Å². The predicted octanol–water partition coefficient (Wildman–Crippen LogP) is 4.29. The van der Waals surface area contributed by atoms with Crippen LogP contribution in [0.25, 0.3) is 0 Å². The normalized spacial score (nSPS) is 39.9. The van der Waals surface area contributed by atoms with Crippen LogP contribution in [0.4, 0.5) is 0 Å². The third-order valence-corrected chi connectivity index (χ3v) is 6.14. The number of rotatable bonds is 5. The SMILES string of the molecule is CCC(=O)/C=C(/CC)CC1CCC23COC2CCC3C1. The number of ketones is 1. The Balaban J connectivity index is 1.60. The maximum Gasteiger partial charge on any atom is 0.155 e. The first-order valence-corrected chi connectivity index (χ1v) is 8.51. The summed E-state index contributed by atoms with van der Waals surface area (Å²) in [7, 11) is 0. The van der Waals surface area contributed by atoms with Crippen LogP contribution >= 0.6 is 0 Å². The Morgan fingerprint density at radius 2 is 2.10 bits per heavy atom. The topological polar surface area (TPSA) is 26.3 Å². The smallest absolute Gasteiger partial charge is 0.155 e. The van der Waals surface area contributed by atoms with Gasteiger partial charge in [-0.15, -0.1) is 0 Å². The van der Waals surface area contributed by atoms with E-state index in [4.69, 9.17) is 4.74 Å². The Morgan fingerprint density at radius 1 is 1.25 bits per heavy atom. The van der Waals surface area contributed by atoms with Crippen molar-refractivity contribution in [1.82, 2.24) is 0 Å². The largest absolute Gasteiger partial charge is 0.377 e. The van der Waals surface area contributed by atoms with Gasteiger partial charge in [0.1, 0.15) is 0 Å².